The van der Waals surface area contributed by atoms with Gasteiger partial charge in [0.25, 0.3) is 5.91 Å². The Morgan fingerprint density at radius 2 is 1.97 bits per heavy atom. The molecule has 2 N–H and O–H groups in total. The van der Waals surface area contributed by atoms with Crippen molar-refractivity contribution in [2.24, 2.45) is 5.92 Å². The van der Waals surface area contributed by atoms with E-state index in [9.17, 15) is 14.4 Å². The van der Waals surface area contributed by atoms with E-state index in [1.54, 1.807) is 23.8 Å². The summed E-state index contributed by atoms with van der Waals surface area (Å²) >= 11 is 1.61. The summed E-state index contributed by atoms with van der Waals surface area (Å²) in [5, 5.41) is 5.56. The fourth-order valence-corrected chi connectivity index (χ4v) is 5.75. The predicted octanol–water partition coefficient (Wildman–Crippen LogP) is 2.33. The lowest BCUT2D eigenvalue weighted by Crippen LogP contribution is -2.57. The van der Waals surface area contributed by atoms with E-state index in [1.165, 1.54) is 0 Å². The highest BCUT2D eigenvalue weighted by atomic mass is 32.2. The Labute approximate surface area is 182 Å². The molecule has 0 bridgehead atoms. The van der Waals surface area contributed by atoms with Crippen LogP contribution in [0.25, 0.3) is 0 Å². The zero-order chi connectivity index (χ0) is 22.1. The summed E-state index contributed by atoms with van der Waals surface area (Å²) < 4.78 is 4.50. The van der Waals surface area contributed by atoms with Gasteiger partial charge in [0.05, 0.1) is 6.61 Å². The van der Waals surface area contributed by atoms with Crippen molar-refractivity contribution in [3.63, 3.8) is 0 Å². The number of rotatable bonds is 8. The van der Waals surface area contributed by atoms with Gasteiger partial charge in [-0.3, -0.25) is 14.4 Å². The molecule has 3 atom stereocenters. The predicted molar refractivity (Wildman–Crippen MR) is 117 cm³/mol. The Bertz CT molecular complexity index is 826. The molecular formula is C22H31N3O4S. The first-order chi connectivity index (χ1) is 14.2. The highest BCUT2D eigenvalue weighted by molar-refractivity contribution is 8.01. The van der Waals surface area contributed by atoms with Gasteiger partial charge in [-0.05, 0) is 37.8 Å². The molecule has 0 spiro atoms. The number of ether oxygens (including phenoxy) is 1. The van der Waals surface area contributed by atoms with Crippen molar-refractivity contribution in [2.45, 2.75) is 56.3 Å². The van der Waals surface area contributed by atoms with Crippen molar-refractivity contribution in [3.05, 3.63) is 35.4 Å². The molecule has 0 saturated carbocycles. The van der Waals surface area contributed by atoms with Gasteiger partial charge in [0.1, 0.15) is 17.5 Å². The average molecular weight is 434 g/mol. The number of nitrogens with zero attached hydrogens (tertiary/aromatic N) is 1. The molecule has 7 nitrogen and oxygen atoms in total. The van der Waals surface area contributed by atoms with E-state index in [0.29, 0.717) is 25.1 Å². The third-order valence-corrected chi connectivity index (χ3v) is 7.03. The van der Waals surface area contributed by atoms with Crippen LogP contribution in [-0.4, -0.2) is 59.7 Å². The Morgan fingerprint density at radius 1 is 1.27 bits per heavy atom. The van der Waals surface area contributed by atoms with Crippen LogP contribution in [0.1, 0.15) is 55.4 Å². The van der Waals surface area contributed by atoms with Gasteiger partial charge in [0.2, 0.25) is 11.8 Å². The van der Waals surface area contributed by atoms with E-state index in [2.05, 4.69) is 10.6 Å². The molecule has 1 aromatic carbocycles. The number of hydrogen-bond donors (Lipinski definition) is 2. The van der Waals surface area contributed by atoms with Crippen molar-refractivity contribution >= 4 is 29.5 Å². The summed E-state index contributed by atoms with van der Waals surface area (Å²) in [6.07, 6.45) is 0.516. The van der Waals surface area contributed by atoms with Gasteiger partial charge in [0, 0.05) is 24.0 Å². The minimum Gasteiger partial charge on any atom is -0.383 e. The summed E-state index contributed by atoms with van der Waals surface area (Å²) in [6, 6.07) is 6.20. The topological polar surface area (TPSA) is 87.7 Å². The fourth-order valence-electron chi connectivity index (χ4n) is 4.16. The zero-order valence-corrected chi connectivity index (χ0v) is 19.0. The number of thioether (sulfide) groups is 1. The maximum Gasteiger partial charge on any atom is 0.256 e. The van der Waals surface area contributed by atoms with Gasteiger partial charge < -0.3 is 20.3 Å². The number of nitrogens with one attached hydrogen (secondary N) is 2. The number of carbonyl (C=O) groups excluding carboxylic acids is 3. The van der Waals surface area contributed by atoms with Crippen LogP contribution in [-0.2, 0) is 14.3 Å². The normalized spacial score (nSPS) is 22.6. The van der Waals surface area contributed by atoms with Gasteiger partial charge in [-0.2, -0.15) is 0 Å². The number of methoxy groups -OCH3 is 1. The van der Waals surface area contributed by atoms with Crippen LogP contribution >= 0.6 is 11.8 Å². The molecule has 8 heteroatoms. The fraction of sp³-hybridized carbons (Fsp3) is 0.591. The molecule has 0 unspecified atom stereocenters. The number of carbonyl (C=O) groups is 3. The lowest BCUT2D eigenvalue weighted by molar-refractivity contribution is -0.132. The van der Waals surface area contributed by atoms with Gasteiger partial charge in [0.15, 0.2) is 0 Å². The van der Waals surface area contributed by atoms with Gasteiger partial charge in [-0.1, -0.05) is 32.0 Å². The third-order valence-electron chi connectivity index (χ3n) is 5.49. The van der Waals surface area contributed by atoms with Crippen LogP contribution < -0.4 is 10.6 Å². The van der Waals surface area contributed by atoms with Crippen LogP contribution in [0, 0.1) is 5.92 Å². The number of fused-ring (bicyclic) bond motifs is 3. The second-order valence-corrected chi connectivity index (χ2v) is 10.5. The molecule has 1 fully saturated rings. The highest BCUT2D eigenvalue weighted by Gasteiger charge is 2.57. The monoisotopic (exact) mass is 433 g/mol. The van der Waals surface area contributed by atoms with Crippen LogP contribution in [0.2, 0.25) is 0 Å². The minimum atomic E-state index is -0.658. The Hall–Kier alpha value is -2.06. The second kappa shape index (κ2) is 8.98. The summed E-state index contributed by atoms with van der Waals surface area (Å²) in [4.78, 5) is 40.8. The van der Waals surface area contributed by atoms with Crippen molar-refractivity contribution in [1.29, 1.82) is 0 Å². The molecule has 30 heavy (non-hydrogen) atoms. The van der Waals surface area contributed by atoms with Crippen LogP contribution in [0.5, 0.6) is 0 Å². The maximum absolute atomic E-state index is 13.4. The molecule has 3 rings (SSSR count). The molecule has 2 heterocycles. The van der Waals surface area contributed by atoms with Crippen molar-refractivity contribution < 1.29 is 19.1 Å². The van der Waals surface area contributed by atoms with Gasteiger partial charge in [-0.25, -0.2) is 0 Å². The summed E-state index contributed by atoms with van der Waals surface area (Å²) in [6.45, 7) is 8.76. The number of benzene rings is 1. The molecule has 3 amide bonds. The first-order valence-electron chi connectivity index (χ1n) is 10.3. The number of hydrogen-bond acceptors (Lipinski definition) is 5. The second-order valence-electron chi connectivity index (χ2n) is 8.75. The standard InChI is InChI=1S/C22H31N3O4S/c1-13(2)12-16(18(26)23-10-11-29-5)24-19(27)17-22(3,4)30-21-15-9-7-6-8-14(15)20(28)25(17)21/h6-9,13,16-17,21H,10-12H2,1-5H3,(H,23,26)(H,24,27)/t16-,17+,21+/m0/s1. The molecule has 0 aliphatic carbocycles. The molecule has 0 radical (unpaired) electrons. The first kappa shape index (κ1) is 22.6. The molecule has 0 aromatic heterocycles. The Balaban J connectivity index is 1.80. The Kier molecular flexibility index (Phi) is 6.77. The first-order valence-corrected chi connectivity index (χ1v) is 11.2. The molecule has 1 saturated heterocycles. The van der Waals surface area contributed by atoms with Crippen molar-refractivity contribution in [2.75, 3.05) is 20.3 Å². The third kappa shape index (κ3) is 4.34. The van der Waals surface area contributed by atoms with E-state index < -0.39 is 16.8 Å². The molecule has 1 aromatic rings. The number of amides is 3. The zero-order valence-electron chi connectivity index (χ0n) is 18.2. The van der Waals surface area contributed by atoms with E-state index >= 15 is 0 Å². The van der Waals surface area contributed by atoms with Crippen molar-refractivity contribution in [1.82, 2.24) is 15.5 Å². The molecule has 164 valence electrons. The Morgan fingerprint density at radius 3 is 2.63 bits per heavy atom. The van der Waals surface area contributed by atoms with E-state index in [-0.39, 0.29) is 29.0 Å². The van der Waals surface area contributed by atoms with Crippen LogP contribution in [0.4, 0.5) is 0 Å². The quantitative estimate of drug-likeness (QED) is 0.615. The maximum atomic E-state index is 13.4. The lowest BCUT2D eigenvalue weighted by atomic mass is 9.98. The minimum absolute atomic E-state index is 0.126. The van der Waals surface area contributed by atoms with Gasteiger partial charge >= 0.3 is 0 Å². The molecule has 2 aliphatic heterocycles. The van der Waals surface area contributed by atoms with E-state index in [1.807, 2.05) is 52.0 Å². The molecular weight excluding hydrogens is 402 g/mol. The average Bonchev–Trinajstić information content (AvgIpc) is 3.10. The highest BCUT2D eigenvalue weighted by Crippen LogP contribution is 2.56. The smallest absolute Gasteiger partial charge is 0.256 e. The van der Waals surface area contributed by atoms with E-state index in [0.717, 1.165) is 5.56 Å². The van der Waals surface area contributed by atoms with Crippen LogP contribution in [0.15, 0.2) is 24.3 Å². The lowest BCUT2D eigenvalue weighted by Gasteiger charge is -2.31. The van der Waals surface area contributed by atoms with E-state index in [4.69, 9.17) is 4.74 Å². The van der Waals surface area contributed by atoms with Crippen LogP contribution in [0.3, 0.4) is 0 Å². The summed E-state index contributed by atoms with van der Waals surface area (Å²) in [7, 11) is 1.57. The SMILES string of the molecule is COCCNC(=O)[C@H](CC(C)C)NC(=O)[C@H]1N2C(=O)c3ccccc3[C@H]2SC1(C)C. The molecule has 2 aliphatic rings. The summed E-state index contributed by atoms with van der Waals surface area (Å²) in [5.41, 5.74) is 1.60. The largest absolute Gasteiger partial charge is 0.383 e. The van der Waals surface area contributed by atoms with Crippen molar-refractivity contribution in [3.8, 4) is 0 Å². The summed E-state index contributed by atoms with van der Waals surface area (Å²) in [5.74, 6) is -0.424. The van der Waals surface area contributed by atoms with Gasteiger partial charge in [-0.15, -0.1) is 11.8 Å².